The molecule has 1 aromatic heterocycles. The van der Waals surface area contributed by atoms with E-state index < -0.39 is 5.54 Å². The minimum atomic E-state index is -0.419. The molecular formula is C20H32N2O4. The number of carbonyl (C=O) groups is 2. The summed E-state index contributed by atoms with van der Waals surface area (Å²) in [7, 11) is 0. The van der Waals surface area contributed by atoms with E-state index in [1.165, 1.54) is 0 Å². The van der Waals surface area contributed by atoms with E-state index in [-0.39, 0.29) is 30.4 Å². The van der Waals surface area contributed by atoms with E-state index in [9.17, 15) is 9.59 Å². The van der Waals surface area contributed by atoms with Crippen molar-refractivity contribution in [3.05, 3.63) is 24.2 Å². The normalized spacial score (nSPS) is 17.5. The van der Waals surface area contributed by atoms with Gasteiger partial charge in [-0.3, -0.25) is 9.59 Å². The maximum atomic E-state index is 13.1. The average Bonchev–Trinajstić information content (AvgIpc) is 3.23. The summed E-state index contributed by atoms with van der Waals surface area (Å²) in [5.74, 6) is 0.481. The molecule has 6 heteroatoms. The van der Waals surface area contributed by atoms with Gasteiger partial charge in [0.2, 0.25) is 11.8 Å². The van der Waals surface area contributed by atoms with Crippen molar-refractivity contribution in [1.82, 2.24) is 9.80 Å². The molecule has 0 saturated carbocycles. The third kappa shape index (κ3) is 5.59. The fourth-order valence-electron chi connectivity index (χ4n) is 3.07. The van der Waals surface area contributed by atoms with Crippen LogP contribution in [-0.4, -0.2) is 53.0 Å². The quantitative estimate of drug-likeness (QED) is 0.746. The lowest BCUT2D eigenvalue weighted by Gasteiger charge is -2.38. The van der Waals surface area contributed by atoms with Gasteiger partial charge in [-0.2, -0.15) is 0 Å². The molecule has 1 aliphatic heterocycles. The molecule has 2 amide bonds. The van der Waals surface area contributed by atoms with Gasteiger partial charge in [-0.1, -0.05) is 13.8 Å². The molecule has 0 N–H and O–H groups in total. The van der Waals surface area contributed by atoms with Gasteiger partial charge in [0.1, 0.15) is 12.3 Å². The van der Waals surface area contributed by atoms with Crippen LogP contribution < -0.4 is 0 Å². The van der Waals surface area contributed by atoms with E-state index in [1.54, 1.807) is 16.1 Å². The number of carbonyl (C=O) groups excluding carboxylic acids is 2. The molecule has 0 radical (unpaired) electrons. The number of ether oxygens (including phenoxy) is 1. The topological polar surface area (TPSA) is 63.0 Å². The number of hydrogen-bond donors (Lipinski definition) is 0. The summed E-state index contributed by atoms with van der Waals surface area (Å²) < 4.78 is 11.1. The zero-order chi connectivity index (χ0) is 19.3. The maximum Gasteiger partial charge on any atom is 0.242 e. The van der Waals surface area contributed by atoms with Gasteiger partial charge < -0.3 is 19.0 Å². The molecule has 0 unspecified atom stereocenters. The Bertz CT molecular complexity index is 583. The molecule has 1 atom stereocenters. The standard InChI is InChI=1S/C20H32N2O4/c1-15(2)19(24)22(20(3,4)5)14-18(23)21(12-16-8-6-10-25-16)13-17-9-7-11-26-17/h6,8,10,15,17H,7,9,11-14H2,1-5H3/t17-/m0/s1. The van der Waals surface area contributed by atoms with E-state index in [2.05, 4.69) is 0 Å². The molecular weight excluding hydrogens is 332 g/mol. The molecule has 146 valence electrons. The number of nitrogens with zero attached hydrogens (tertiary/aromatic N) is 2. The Morgan fingerprint density at radius 1 is 1.31 bits per heavy atom. The van der Waals surface area contributed by atoms with Crippen molar-refractivity contribution in [2.24, 2.45) is 5.92 Å². The second-order valence-corrected chi connectivity index (χ2v) is 8.24. The highest BCUT2D eigenvalue weighted by Gasteiger charge is 2.32. The monoisotopic (exact) mass is 364 g/mol. The maximum absolute atomic E-state index is 13.1. The molecule has 0 bridgehead atoms. The van der Waals surface area contributed by atoms with Crippen molar-refractivity contribution in [3.63, 3.8) is 0 Å². The van der Waals surface area contributed by atoms with Crippen LogP contribution in [0.1, 0.15) is 53.2 Å². The number of rotatable bonds is 7. The fraction of sp³-hybridized carbons (Fsp3) is 0.700. The Kier molecular flexibility index (Phi) is 6.87. The van der Waals surface area contributed by atoms with Gasteiger partial charge in [0.25, 0.3) is 0 Å². The first kappa shape index (κ1) is 20.5. The smallest absolute Gasteiger partial charge is 0.242 e. The second-order valence-electron chi connectivity index (χ2n) is 8.24. The van der Waals surface area contributed by atoms with Gasteiger partial charge in [-0.15, -0.1) is 0 Å². The summed E-state index contributed by atoms with van der Waals surface area (Å²) in [5.41, 5.74) is -0.419. The summed E-state index contributed by atoms with van der Waals surface area (Å²) in [5, 5.41) is 0. The molecule has 2 heterocycles. The van der Waals surface area contributed by atoms with E-state index in [4.69, 9.17) is 9.15 Å². The Morgan fingerprint density at radius 2 is 2.04 bits per heavy atom. The first-order valence-electron chi connectivity index (χ1n) is 9.41. The van der Waals surface area contributed by atoms with Crippen LogP contribution in [0.15, 0.2) is 22.8 Å². The van der Waals surface area contributed by atoms with Crippen LogP contribution >= 0.6 is 0 Å². The molecule has 26 heavy (non-hydrogen) atoms. The largest absolute Gasteiger partial charge is 0.467 e. The van der Waals surface area contributed by atoms with Gasteiger partial charge in [0.15, 0.2) is 0 Å². The third-order valence-electron chi connectivity index (χ3n) is 4.59. The van der Waals surface area contributed by atoms with Crippen LogP contribution in [0.4, 0.5) is 0 Å². The third-order valence-corrected chi connectivity index (χ3v) is 4.59. The molecule has 1 fully saturated rings. The zero-order valence-corrected chi connectivity index (χ0v) is 16.7. The van der Waals surface area contributed by atoms with Gasteiger partial charge in [-0.05, 0) is 45.7 Å². The molecule has 1 saturated heterocycles. The summed E-state index contributed by atoms with van der Waals surface area (Å²) in [6, 6.07) is 3.67. The highest BCUT2D eigenvalue weighted by Crippen LogP contribution is 2.19. The summed E-state index contributed by atoms with van der Waals surface area (Å²) in [4.78, 5) is 29.1. The lowest BCUT2D eigenvalue weighted by molar-refractivity contribution is -0.147. The molecule has 1 aromatic rings. The summed E-state index contributed by atoms with van der Waals surface area (Å²) in [6.45, 7) is 11.3. The van der Waals surface area contributed by atoms with Crippen molar-refractivity contribution >= 4 is 11.8 Å². The van der Waals surface area contributed by atoms with Crippen molar-refractivity contribution in [3.8, 4) is 0 Å². The van der Waals surface area contributed by atoms with Gasteiger partial charge in [0, 0.05) is 24.6 Å². The van der Waals surface area contributed by atoms with E-state index in [0.29, 0.717) is 13.1 Å². The number of furan rings is 1. The molecule has 1 aliphatic rings. The minimum absolute atomic E-state index is 0.0130. The van der Waals surface area contributed by atoms with Crippen molar-refractivity contribution in [2.45, 2.75) is 65.6 Å². The van der Waals surface area contributed by atoms with Gasteiger partial charge >= 0.3 is 0 Å². The van der Waals surface area contributed by atoms with Crippen LogP contribution in [0.25, 0.3) is 0 Å². The lowest BCUT2D eigenvalue weighted by Crippen LogP contribution is -2.53. The van der Waals surface area contributed by atoms with Crippen molar-refractivity contribution in [1.29, 1.82) is 0 Å². The van der Waals surface area contributed by atoms with E-state index in [1.807, 2.05) is 46.8 Å². The Morgan fingerprint density at radius 3 is 2.54 bits per heavy atom. The Labute approximate surface area is 156 Å². The van der Waals surface area contributed by atoms with E-state index >= 15 is 0 Å². The van der Waals surface area contributed by atoms with Crippen LogP contribution in [0.3, 0.4) is 0 Å². The molecule has 6 nitrogen and oxygen atoms in total. The molecule has 0 aliphatic carbocycles. The fourth-order valence-corrected chi connectivity index (χ4v) is 3.07. The first-order valence-corrected chi connectivity index (χ1v) is 9.41. The second kappa shape index (κ2) is 8.71. The predicted molar refractivity (Wildman–Crippen MR) is 99.4 cm³/mol. The molecule has 2 rings (SSSR count). The molecule has 0 aromatic carbocycles. The predicted octanol–water partition coefficient (Wildman–Crippen LogP) is 3.07. The first-order chi connectivity index (χ1) is 12.2. The molecule has 0 spiro atoms. The van der Waals surface area contributed by atoms with Crippen LogP contribution in [0.5, 0.6) is 0 Å². The zero-order valence-electron chi connectivity index (χ0n) is 16.7. The van der Waals surface area contributed by atoms with Crippen LogP contribution in [0.2, 0.25) is 0 Å². The highest BCUT2D eigenvalue weighted by atomic mass is 16.5. The van der Waals surface area contributed by atoms with Gasteiger partial charge in [0.05, 0.1) is 18.9 Å². The van der Waals surface area contributed by atoms with Crippen LogP contribution in [-0.2, 0) is 20.9 Å². The SMILES string of the molecule is CC(C)C(=O)N(CC(=O)N(Cc1ccco1)C[C@@H]1CCCO1)C(C)(C)C. The average molecular weight is 364 g/mol. The Balaban J connectivity index is 2.13. The minimum Gasteiger partial charge on any atom is -0.467 e. The summed E-state index contributed by atoms with van der Waals surface area (Å²) >= 11 is 0. The number of amides is 2. The van der Waals surface area contributed by atoms with Crippen molar-refractivity contribution in [2.75, 3.05) is 19.7 Å². The van der Waals surface area contributed by atoms with E-state index in [0.717, 1.165) is 25.2 Å². The highest BCUT2D eigenvalue weighted by molar-refractivity contribution is 5.86. The van der Waals surface area contributed by atoms with Gasteiger partial charge in [-0.25, -0.2) is 0 Å². The Hall–Kier alpha value is -1.82. The van der Waals surface area contributed by atoms with Crippen molar-refractivity contribution < 1.29 is 18.7 Å². The number of hydrogen-bond acceptors (Lipinski definition) is 4. The summed E-state index contributed by atoms with van der Waals surface area (Å²) in [6.07, 6.45) is 3.63. The van der Waals surface area contributed by atoms with Crippen LogP contribution in [0, 0.1) is 5.92 Å². The lowest BCUT2D eigenvalue weighted by atomic mass is 10.0.